The summed E-state index contributed by atoms with van der Waals surface area (Å²) in [6, 6.07) is 13.2. The van der Waals surface area contributed by atoms with Crippen molar-refractivity contribution in [3.63, 3.8) is 0 Å². The van der Waals surface area contributed by atoms with Gasteiger partial charge in [0.15, 0.2) is 0 Å². The number of carbonyl (C=O) groups excluding carboxylic acids is 1. The fourth-order valence-corrected chi connectivity index (χ4v) is 1.61. The van der Waals surface area contributed by atoms with Gasteiger partial charge in [-0.3, -0.25) is 4.79 Å². The summed E-state index contributed by atoms with van der Waals surface area (Å²) in [5, 5.41) is 12.2. The number of benzene rings is 2. The average molecular weight is 248 g/mol. The number of anilines is 1. The standard InChI is InChI=1S/C13H10ClNO2/c14-11-8-10(16)6-7-12(11)15-13(17)9-4-2-1-3-5-9/h1-8,16H,(H,15,17). The lowest BCUT2D eigenvalue weighted by Gasteiger charge is -2.07. The highest BCUT2D eigenvalue weighted by Crippen LogP contribution is 2.26. The molecule has 1 amide bonds. The van der Waals surface area contributed by atoms with Crippen molar-refractivity contribution in [2.45, 2.75) is 0 Å². The van der Waals surface area contributed by atoms with E-state index in [1.165, 1.54) is 12.1 Å². The Bertz CT molecular complexity index is 540. The van der Waals surface area contributed by atoms with Crippen LogP contribution in [0.5, 0.6) is 5.75 Å². The molecule has 0 spiro atoms. The zero-order valence-corrected chi connectivity index (χ0v) is 9.61. The molecule has 3 nitrogen and oxygen atoms in total. The molecular formula is C13H10ClNO2. The van der Waals surface area contributed by atoms with Crippen molar-refractivity contribution in [1.82, 2.24) is 0 Å². The molecule has 2 aromatic rings. The predicted octanol–water partition coefficient (Wildman–Crippen LogP) is 3.30. The topological polar surface area (TPSA) is 49.3 Å². The molecule has 0 heterocycles. The number of carbonyl (C=O) groups is 1. The Morgan fingerprint density at radius 1 is 1.12 bits per heavy atom. The summed E-state index contributed by atoms with van der Waals surface area (Å²) in [5.41, 5.74) is 1.02. The molecule has 0 unspecified atom stereocenters. The molecule has 0 aliphatic carbocycles. The molecule has 0 aromatic heterocycles. The molecule has 0 aliphatic rings. The van der Waals surface area contributed by atoms with Crippen molar-refractivity contribution in [2.24, 2.45) is 0 Å². The van der Waals surface area contributed by atoms with Crippen LogP contribution in [0.15, 0.2) is 48.5 Å². The fourth-order valence-electron chi connectivity index (χ4n) is 1.39. The molecule has 0 saturated heterocycles. The SMILES string of the molecule is O=C(Nc1ccc(O)cc1Cl)c1ccccc1. The van der Waals surface area contributed by atoms with Gasteiger partial charge >= 0.3 is 0 Å². The van der Waals surface area contributed by atoms with Gasteiger partial charge in [0.05, 0.1) is 10.7 Å². The second kappa shape index (κ2) is 4.89. The molecule has 2 N–H and O–H groups in total. The van der Waals surface area contributed by atoms with E-state index >= 15 is 0 Å². The van der Waals surface area contributed by atoms with Crippen LogP contribution in [0.3, 0.4) is 0 Å². The first-order chi connectivity index (χ1) is 8.16. The summed E-state index contributed by atoms with van der Waals surface area (Å²) in [7, 11) is 0. The van der Waals surface area contributed by atoms with E-state index in [0.717, 1.165) is 0 Å². The van der Waals surface area contributed by atoms with Gasteiger partial charge in [0.2, 0.25) is 0 Å². The third-order valence-corrected chi connectivity index (χ3v) is 2.55. The normalized spacial score (nSPS) is 9.94. The predicted molar refractivity (Wildman–Crippen MR) is 67.5 cm³/mol. The molecule has 2 rings (SSSR count). The number of amides is 1. The lowest BCUT2D eigenvalue weighted by molar-refractivity contribution is 0.102. The van der Waals surface area contributed by atoms with Gasteiger partial charge in [0.1, 0.15) is 5.75 Å². The molecule has 2 aromatic carbocycles. The van der Waals surface area contributed by atoms with Crippen LogP contribution in [0.1, 0.15) is 10.4 Å². The minimum absolute atomic E-state index is 0.0627. The van der Waals surface area contributed by atoms with E-state index in [9.17, 15) is 9.90 Å². The number of hydrogen-bond donors (Lipinski definition) is 2. The third-order valence-electron chi connectivity index (χ3n) is 2.24. The van der Waals surface area contributed by atoms with E-state index < -0.39 is 0 Å². The fraction of sp³-hybridized carbons (Fsp3) is 0. The van der Waals surface area contributed by atoms with Crippen molar-refractivity contribution in [3.8, 4) is 5.75 Å². The number of phenolic OH excluding ortho intramolecular Hbond substituents is 1. The largest absolute Gasteiger partial charge is 0.508 e. The molecule has 0 fully saturated rings. The Hall–Kier alpha value is -2.00. The summed E-state index contributed by atoms with van der Waals surface area (Å²) in [6.45, 7) is 0. The molecule has 0 atom stereocenters. The third kappa shape index (κ3) is 2.77. The molecular weight excluding hydrogens is 238 g/mol. The zero-order chi connectivity index (χ0) is 12.3. The minimum Gasteiger partial charge on any atom is -0.508 e. The maximum Gasteiger partial charge on any atom is 0.255 e. The van der Waals surface area contributed by atoms with Crippen molar-refractivity contribution in [3.05, 3.63) is 59.1 Å². The van der Waals surface area contributed by atoms with Crippen LogP contribution in [0.4, 0.5) is 5.69 Å². The molecule has 0 radical (unpaired) electrons. The number of phenols is 1. The Balaban J connectivity index is 2.19. The van der Waals surface area contributed by atoms with Gasteiger partial charge < -0.3 is 10.4 Å². The maximum atomic E-state index is 11.8. The first kappa shape index (κ1) is 11.5. The van der Waals surface area contributed by atoms with Crippen LogP contribution in [0, 0.1) is 0 Å². The van der Waals surface area contributed by atoms with Gasteiger partial charge in [-0.05, 0) is 24.3 Å². The molecule has 0 bridgehead atoms. The summed E-state index contributed by atoms with van der Waals surface area (Å²) in [6.07, 6.45) is 0. The lowest BCUT2D eigenvalue weighted by atomic mass is 10.2. The quantitative estimate of drug-likeness (QED) is 0.800. The highest BCUT2D eigenvalue weighted by molar-refractivity contribution is 6.34. The lowest BCUT2D eigenvalue weighted by Crippen LogP contribution is -2.11. The van der Waals surface area contributed by atoms with Gasteiger partial charge in [-0.2, -0.15) is 0 Å². The molecule has 0 saturated carbocycles. The van der Waals surface area contributed by atoms with Crippen LogP contribution in [-0.4, -0.2) is 11.0 Å². The maximum absolute atomic E-state index is 11.8. The van der Waals surface area contributed by atoms with Crippen molar-refractivity contribution in [2.75, 3.05) is 5.32 Å². The van der Waals surface area contributed by atoms with Crippen molar-refractivity contribution >= 4 is 23.2 Å². The number of halogens is 1. The molecule has 0 aliphatic heterocycles. The van der Waals surface area contributed by atoms with Crippen LogP contribution < -0.4 is 5.32 Å². The molecule has 4 heteroatoms. The second-order valence-corrected chi connectivity index (χ2v) is 3.89. The van der Waals surface area contributed by atoms with Gasteiger partial charge in [0.25, 0.3) is 5.91 Å². The number of aromatic hydroxyl groups is 1. The van der Waals surface area contributed by atoms with E-state index in [0.29, 0.717) is 16.3 Å². The first-order valence-corrected chi connectivity index (χ1v) is 5.39. The van der Waals surface area contributed by atoms with E-state index in [1.54, 1.807) is 30.3 Å². The summed E-state index contributed by atoms with van der Waals surface area (Å²) < 4.78 is 0. The van der Waals surface area contributed by atoms with Gasteiger partial charge in [-0.1, -0.05) is 29.8 Å². The number of hydrogen-bond acceptors (Lipinski definition) is 2. The number of nitrogens with one attached hydrogen (secondary N) is 1. The minimum atomic E-state index is -0.238. The average Bonchev–Trinajstić information content (AvgIpc) is 2.34. The van der Waals surface area contributed by atoms with Crippen LogP contribution >= 0.6 is 11.6 Å². The number of rotatable bonds is 2. The van der Waals surface area contributed by atoms with Crippen LogP contribution in [-0.2, 0) is 0 Å². The molecule has 17 heavy (non-hydrogen) atoms. The Morgan fingerprint density at radius 3 is 2.47 bits per heavy atom. The van der Waals surface area contributed by atoms with E-state index in [2.05, 4.69) is 5.32 Å². The van der Waals surface area contributed by atoms with Gasteiger partial charge in [-0.15, -0.1) is 0 Å². The highest BCUT2D eigenvalue weighted by Gasteiger charge is 2.07. The Kier molecular flexibility index (Phi) is 3.30. The summed E-state index contributed by atoms with van der Waals surface area (Å²) in [4.78, 5) is 11.8. The smallest absolute Gasteiger partial charge is 0.255 e. The van der Waals surface area contributed by atoms with E-state index in [-0.39, 0.29) is 11.7 Å². The highest BCUT2D eigenvalue weighted by atomic mass is 35.5. The monoisotopic (exact) mass is 247 g/mol. The Labute approximate surface area is 104 Å². The summed E-state index contributed by atoms with van der Waals surface area (Å²) >= 11 is 5.89. The van der Waals surface area contributed by atoms with Crippen molar-refractivity contribution < 1.29 is 9.90 Å². The van der Waals surface area contributed by atoms with E-state index in [4.69, 9.17) is 11.6 Å². The van der Waals surface area contributed by atoms with E-state index in [1.807, 2.05) is 6.07 Å². The van der Waals surface area contributed by atoms with Gasteiger partial charge in [0, 0.05) is 11.6 Å². The summed E-state index contributed by atoms with van der Waals surface area (Å²) in [5.74, 6) is -0.175. The van der Waals surface area contributed by atoms with Crippen LogP contribution in [0.25, 0.3) is 0 Å². The van der Waals surface area contributed by atoms with Gasteiger partial charge in [-0.25, -0.2) is 0 Å². The first-order valence-electron chi connectivity index (χ1n) is 5.02. The van der Waals surface area contributed by atoms with Crippen molar-refractivity contribution in [1.29, 1.82) is 0 Å². The Morgan fingerprint density at radius 2 is 1.82 bits per heavy atom. The zero-order valence-electron chi connectivity index (χ0n) is 8.85. The second-order valence-electron chi connectivity index (χ2n) is 3.48. The molecule has 86 valence electrons. The van der Waals surface area contributed by atoms with Crippen LogP contribution in [0.2, 0.25) is 5.02 Å².